The van der Waals surface area contributed by atoms with Gasteiger partial charge in [-0.3, -0.25) is 9.59 Å². The lowest BCUT2D eigenvalue weighted by Gasteiger charge is -2.16. The van der Waals surface area contributed by atoms with E-state index in [9.17, 15) is 9.59 Å². The highest BCUT2D eigenvalue weighted by Gasteiger charge is 2.30. The molecule has 1 aliphatic rings. The summed E-state index contributed by atoms with van der Waals surface area (Å²) in [5.41, 5.74) is 2.85. The molecule has 6 heteroatoms. The van der Waals surface area contributed by atoms with Gasteiger partial charge < -0.3 is 15.5 Å². The highest BCUT2D eigenvalue weighted by atomic mass is 16.6. The zero-order chi connectivity index (χ0) is 17.7. The van der Waals surface area contributed by atoms with Crippen molar-refractivity contribution in [3.05, 3.63) is 35.4 Å². The van der Waals surface area contributed by atoms with Crippen LogP contribution in [0.3, 0.4) is 0 Å². The van der Waals surface area contributed by atoms with Crippen molar-refractivity contribution < 1.29 is 14.4 Å². The third-order valence-corrected chi connectivity index (χ3v) is 3.78. The zero-order valence-electron chi connectivity index (χ0n) is 14.6. The highest BCUT2D eigenvalue weighted by Crippen LogP contribution is 2.17. The van der Waals surface area contributed by atoms with Crippen LogP contribution in [0.2, 0.25) is 0 Å². The molecule has 2 atom stereocenters. The normalized spacial score (nSPS) is 17.9. The van der Waals surface area contributed by atoms with Crippen molar-refractivity contribution in [1.82, 2.24) is 10.6 Å². The number of nitrogens with zero attached hydrogens (tertiary/aromatic N) is 1. The molecule has 2 rings (SSSR count). The number of rotatable bonds is 6. The summed E-state index contributed by atoms with van der Waals surface area (Å²) in [6.45, 7) is 8.28. The molecule has 2 amide bonds. The van der Waals surface area contributed by atoms with Crippen molar-refractivity contribution in [2.24, 2.45) is 11.1 Å². The molecule has 0 saturated heterocycles. The Morgan fingerprint density at radius 2 is 1.92 bits per heavy atom. The van der Waals surface area contributed by atoms with Crippen LogP contribution >= 0.6 is 0 Å². The van der Waals surface area contributed by atoms with Crippen LogP contribution in [0.1, 0.15) is 38.3 Å². The van der Waals surface area contributed by atoms with E-state index in [2.05, 4.69) is 15.8 Å². The Labute approximate surface area is 142 Å². The quantitative estimate of drug-likeness (QED) is 0.834. The standard InChI is InChI=1S/C18H25N3O3/c1-11(2)10-19-17(22)13(4)20-18(23)16-9-15(21-24-16)14-7-5-12(3)6-8-14/h5-8,11,13,16H,9-10H2,1-4H3,(H,19,22)(H,20,23). The Hall–Kier alpha value is -2.37. The number of aryl methyl sites for hydroxylation is 1. The van der Waals surface area contributed by atoms with Gasteiger partial charge in [-0.1, -0.05) is 48.8 Å². The van der Waals surface area contributed by atoms with Crippen LogP contribution in [-0.2, 0) is 14.4 Å². The summed E-state index contributed by atoms with van der Waals surface area (Å²) >= 11 is 0. The Kier molecular flexibility index (Phi) is 5.95. The van der Waals surface area contributed by atoms with Gasteiger partial charge in [-0.25, -0.2) is 0 Å². The maximum atomic E-state index is 12.2. The third-order valence-electron chi connectivity index (χ3n) is 3.78. The van der Waals surface area contributed by atoms with E-state index < -0.39 is 12.1 Å². The lowest BCUT2D eigenvalue weighted by atomic mass is 10.0. The van der Waals surface area contributed by atoms with Gasteiger partial charge in [-0.05, 0) is 25.3 Å². The zero-order valence-corrected chi connectivity index (χ0v) is 14.6. The first-order valence-corrected chi connectivity index (χ1v) is 8.24. The molecule has 6 nitrogen and oxygen atoms in total. The van der Waals surface area contributed by atoms with E-state index in [-0.39, 0.29) is 11.8 Å². The Balaban J connectivity index is 1.84. The van der Waals surface area contributed by atoms with Gasteiger partial charge in [0.05, 0.1) is 5.71 Å². The van der Waals surface area contributed by atoms with Crippen molar-refractivity contribution in [2.45, 2.75) is 46.3 Å². The summed E-state index contributed by atoms with van der Waals surface area (Å²) in [5, 5.41) is 9.48. The van der Waals surface area contributed by atoms with Gasteiger partial charge in [0.15, 0.2) is 0 Å². The van der Waals surface area contributed by atoms with Crippen molar-refractivity contribution in [3.63, 3.8) is 0 Å². The van der Waals surface area contributed by atoms with Crippen LogP contribution in [0.15, 0.2) is 29.4 Å². The second kappa shape index (κ2) is 7.95. The number of hydrogen-bond donors (Lipinski definition) is 2. The molecule has 0 bridgehead atoms. The van der Waals surface area contributed by atoms with Gasteiger partial charge in [0.25, 0.3) is 5.91 Å². The Morgan fingerprint density at radius 1 is 1.25 bits per heavy atom. The predicted molar refractivity (Wildman–Crippen MR) is 92.7 cm³/mol. The minimum Gasteiger partial charge on any atom is -0.382 e. The van der Waals surface area contributed by atoms with E-state index in [1.54, 1.807) is 6.92 Å². The smallest absolute Gasteiger partial charge is 0.264 e. The van der Waals surface area contributed by atoms with Gasteiger partial charge in [-0.2, -0.15) is 0 Å². The van der Waals surface area contributed by atoms with E-state index in [1.807, 2.05) is 45.0 Å². The van der Waals surface area contributed by atoms with Crippen LogP contribution in [0.25, 0.3) is 0 Å². The van der Waals surface area contributed by atoms with Gasteiger partial charge in [0.2, 0.25) is 12.0 Å². The van der Waals surface area contributed by atoms with Crippen molar-refractivity contribution in [3.8, 4) is 0 Å². The van der Waals surface area contributed by atoms with Crippen molar-refractivity contribution in [1.29, 1.82) is 0 Å². The maximum Gasteiger partial charge on any atom is 0.264 e. The van der Waals surface area contributed by atoms with E-state index in [4.69, 9.17) is 4.84 Å². The molecule has 1 heterocycles. The molecule has 0 fully saturated rings. The first kappa shape index (κ1) is 18.0. The summed E-state index contributed by atoms with van der Waals surface area (Å²) in [6.07, 6.45) is -0.295. The second-order valence-corrected chi connectivity index (χ2v) is 6.57. The van der Waals surface area contributed by atoms with Crippen LogP contribution in [0.4, 0.5) is 0 Å². The monoisotopic (exact) mass is 331 g/mol. The largest absolute Gasteiger partial charge is 0.382 e. The van der Waals surface area contributed by atoms with Gasteiger partial charge in [-0.15, -0.1) is 0 Å². The van der Waals surface area contributed by atoms with Crippen LogP contribution in [0.5, 0.6) is 0 Å². The fraction of sp³-hybridized carbons (Fsp3) is 0.500. The molecule has 2 unspecified atom stereocenters. The highest BCUT2D eigenvalue weighted by molar-refractivity contribution is 6.04. The average molecular weight is 331 g/mol. The van der Waals surface area contributed by atoms with Crippen molar-refractivity contribution in [2.75, 3.05) is 6.54 Å². The van der Waals surface area contributed by atoms with Crippen LogP contribution in [0, 0.1) is 12.8 Å². The fourth-order valence-electron chi connectivity index (χ4n) is 2.26. The molecule has 2 N–H and O–H groups in total. The van der Waals surface area contributed by atoms with E-state index in [0.29, 0.717) is 18.9 Å². The van der Waals surface area contributed by atoms with E-state index >= 15 is 0 Å². The maximum absolute atomic E-state index is 12.2. The second-order valence-electron chi connectivity index (χ2n) is 6.57. The van der Waals surface area contributed by atoms with Gasteiger partial charge in [0, 0.05) is 13.0 Å². The molecule has 1 aliphatic heterocycles. The number of oxime groups is 1. The summed E-state index contributed by atoms with van der Waals surface area (Å²) in [7, 11) is 0. The summed E-state index contributed by atoms with van der Waals surface area (Å²) in [4.78, 5) is 29.4. The lowest BCUT2D eigenvalue weighted by Crippen LogP contribution is -2.48. The molecule has 1 aromatic carbocycles. The molecule has 0 spiro atoms. The Morgan fingerprint density at radius 3 is 2.54 bits per heavy atom. The fourth-order valence-corrected chi connectivity index (χ4v) is 2.26. The number of nitrogens with one attached hydrogen (secondary N) is 2. The summed E-state index contributed by atoms with van der Waals surface area (Å²) in [6, 6.07) is 7.29. The molecule has 0 saturated carbocycles. The molecule has 130 valence electrons. The summed E-state index contributed by atoms with van der Waals surface area (Å²) < 4.78 is 0. The van der Waals surface area contributed by atoms with Gasteiger partial charge in [0.1, 0.15) is 6.04 Å². The lowest BCUT2D eigenvalue weighted by molar-refractivity contribution is -0.135. The van der Waals surface area contributed by atoms with Crippen molar-refractivity contribution >= 4 is 17.5 Å². The molecule has 1 aromatic rings. The average Bonchev–Trinajstić information content (AvgIpc) is 3.03. The van der Waals surface area contributed by atoms with E-state index in [1.165, 1.54) is 0 Å². The summed E-state index contributed by atoms with van der Waals surface area (Å²) in [5.74, 6) is -0.164. The molecule has 24 heavy (non-hydrogen) atoms. The number of carbonyl (C=O) groups is 2. The third kappa shape index (κ3) is 4.81. The minimum atomic E-state index is -0.693. The van der Waals surface area contributed by atoms with E-state index in [0.717, 1.165) is 16.8 Å². The van der Waals surface area contributed by atoms with Gasteiger partial charge >= 0.3 is 0 Å². The first-order valence-electron chi connectivity index (χ1n) is 8.24. The number of carbonyl (C=O) groups excluding carboxylic acids is 2. The molecular formula is C18H25N3O3. The first-order chi connectivity index (χ1) is 11.4. The molecular weight excluding hydrogens is 306 g/mol. The van der Waals surface area contributed by atoms with Crippen LogP contribution < -0.4 is 10.6 Å². The topological polar surface area (TPSA) is 79.8 Å². The predicted octanol–water partition coefficient (Wildman–Crippen LogP) is 1.76. The SMILES string of the molecule is Cc1ccc(C2=NOC(C(=O)NC(C)C(=O)NCC(C)C)C2)cc1. The minimum absolute atomic E-state index is 0.199. The molecule has 0 aliphatic carbocycles. The number of amides is 2. The Bertz CT molecular complexity index is 623. The molecule has 0 radical (unpaired) electrons. The number of benzene rings is 1. The number of hydrogen-bond acceptors (Lipinski definition) is 4. The molecule has 0 aromatic heterocycles. The van der Waals surface area contributed by atoms with Crippen LogP contribution in [-0.4, -0.2) is 36.2 Å².